The van der Waals surface area contributed by atoms with Crippen LogP contribution in [0.4, 0.5) is 17.5 Å². The van der Waals surface area contributed by atoms with Crippen LogP contribution in [0.5, 0.6) is 0 Å². The number of anilines is 3. The van der Waals surface area contributed by atoms with Crippen molar-refractivity contribution in [3.8, 4) is 0 Å². The van der Waals surface area contributed by atoms with Crippen LogP contribution in [0.1, 0.15) is 192 Å². The first-order valence-electron chi connectivity index (χ1n) is 32.8. The van der Waals surface area contributed by atoms with E-state index in [1.807, 2.05) is 102 Å². The standard InChI is InChI=1S/C21H26N4O.C20H25N5O.C19H22N4O.5C2H6/c26-21(24-12-6-2-7-13-24)19-15-22-18-11-5-8-14-25(20(18)23-19)16-17-9-3-1-4-10-17;1-23-10-12-24(13-11-23)20(26)18-14-21-17-8-5-9-25(19(17)22-18)15-16-6-3-2-4-7-16;24-19(22-10-4-5-11-22)17-13-20-16-9-6-12-23(18(16)21-17)14-15-7-2-1-3-8-15;5*1-2/h1,3-4,9-10,15H,2,5-8,11-14,16H2;2-4,6-7,14H,5,8-13,15H2,1H3;1-3,7-8,13H,4-6,9-12,14H2;5*1-2H3. The Morgan fingerprint density at radius 1 is 0.337 bits per heavy atom. The summed E-state index contributed by atoms with van der Waals surface area (Å²) in [5.41, 5.74) is 8.23. The lowest BCUT2D eigenvalue weighted by Gasteiger charge is -2.33. The molecule has 466 valence electrons. The number of nitrogens with zero attached hydrogens (tertiary/aromatic N) is 13. The highest BCUT2D eigenvalue weighted by Crippen LogP contribution is 2.29. The predicted molar refractivity (Wildman–Crippen MR) is 353 cm³/mol. The molecule has 12 rings (SSSR count). The second-order valence-electron chi connectivity index (χ2n) is 20.9. The molecule has 0 N–H and O–H groups in total. The number of piperidine rings is 1. The van der Waals surface area contributed by atoms with Gasteiger partial charge < -0.3 is 34.3 Å². The highest BCUT2D eigenvalue weighted by Gasteiger charge is 2.29. The zero-order chi connectivity index (χ0) is 62.1. The number of aryl methyl sites for hydroxylation is 3. The number of amides is 3. The minimum absolute atomic E-state index is 0.00126. The predicted octanol–water partition coefficient (Wildman–Crippen LogP) is 13.1. The van der Waals surface area contributed by atoms with Crippen LogP contribution in [0, 0.1) is 0 Å². The number of aromatic nitrogens is 6. The molecular weight excluding hydrogens is 1070 g/mol. The number of benzene rings is 3. The van der Waals surface area contributed by atoms with Gasteiger partial charge in [-0.3, -0.25) is 29.3 Å². The van der Waals surface area contributed by atoms with Crippen LogP contribution in [-0.2, 0) is 38.9 Å². The topological polar surface area (TPSA) is 151 Å². The zero-order valence-electron chi connectivity index (χ0n) is 54.3. The number of hydrogen-bond acceptors (Lipinski definition) is 13. The van der Waals surface area contributed by atoms with Crippen molar-refractivity contribution in [2.24, 2.45) is 0 Å². The fraction of sp³-hybridized carbons (Fsp3) is 0.529. The molecule has 6 aromatic rings. The third kappa shape index (κ3) is 20.1. The van der Waals surface area contributed by atoms with Crippen LogP contribution in [0.15, 0.2) is 110 Å². The fourth-order valence-electron chi connectivity index (χ4n) is 11.0. The van der Waals surface area contributed by atoms with Gasteiger partial charge in [0, 0.05) is 91.6 Å². The molecule has 86 heavy (non-hydrogen) atoms. The van der Waals surface area contributed by atoms with Gasteiger partial charge in [0.2, 0.25) is 0 Å². The van der Waals surface area contributed by atoms with E-state index >= 15 is 0 Å². The van der Waals surface area contributed by atoms with Crippen molar-refractivity contribution in [3.63, 3.8) is 0 Å². The van der Waals surface area contributed by atoms with Crippen molar-refractivity contribution in [2.45, 2.75) is 166 Å². The molecule has 0 radical (unpaired) electrons. The molecule has 6 aliphatic heterocycles. The zero-order valence-corrected chi connectivity index (χ0v) is 54.3. The number of carbonyl (C=O) groups is 3. The van der Waals surface area contributed by atoms with Crippen molar-refractivity contribution in [2.75, 3.05) is 93.7 Å². The summed E-state index contributed by atoms with van der Waals surface area (Å²) in [6.07, 6.45) is 17.8. The molecule has 0 aliphatic carbocycles. The summed E-state index contributed by atoms with van der Waals surface area (Å²) in [5.74, 6) is 2.71. The molecule has 3 aromatic carbocycles. The van der Waals surface area contributed by atoms with Crippen molar-refractivity contribution < 1.29 is 14.4 Å². The van der Waals surface area contributed by atoms with E-state index in [1.54, 1.807) is 18.6 Å². The lowest BCUT2D eigenvalue weighted by atomic mass is 10.1. The minimum atomic E-state index is -0.00126. The Morgan fingerprint density at radius 3 is 0.953 bits per heavy atom. The first kappa shape index (κ1) is 69.4. The van der Waals surface area contributed by atoms with Gasteiger partial charge >= 0.3 is 0 Å². The lowest BCUT2D eigenvalue weighted by molar-refractivity contribution is 0.0656. The van der Waals surface area contributed by atoms with Gasteiger partial charge in [-0.2, -0.15) is 0 Å². The van der Waals surface area contributed by atoms with Gasteiger partial charge in [0.15, 0.2) is 17.5 Å². The van der Waals surface area contributed by atoms with E-state index in [0.29, 0.717) is 17.1 Å². The second kappa shape index (κ2) is 38.7. The number of fused-ring (bicyclic) bond motifs is 3. The molecule has 3 amide bonds. The normalized spacial score (nSPS) is 15.8. The summed E-state index contributed by atoms with van der Waals surface area (Å²) >= 11 is 0. The fourth-order valence-corrected chi connectivity index (χ4v) is 11.0. The summed E-state index contributed by atoms with van der Waals surface area (Å²) < 4.78 is 0. The van der Waals surface area contributed by atoms with E-state index in [2.05, 4.69) is 114 Å². The molecule has 6 aliphatic rings. The van der Waals surface area contributed by atoms with E-state index in [-0.39, 0.29) is 17.7 Å². The van der Waals surface area contributed by atoms with Gasteiger partial charge in [0.1, 0.15) is 17.1 Å². The van der Waals surface area contributed by atoms with Gasteiger partial charge in [0.25, 0.3) is 17.7 Å². The Hall–Kier alpha value is -7.33. The van der Waals surface area contributed by atoms with Gasteiger partial charge in [-0.25, -0.2) is 15.0 Å². The molecule has 0 saturated carbocycles. The molecule has 0 spiro atoms. The Balaban J connectivity index is 0.000000219. The quantitative estimate of drug-likeness (QED) is 0.135. The average molecular weight is 1170 g/mol. The second-order valence-corrected chi connectivity index (χ2v) is 20.9. The smallest absolute Gasteiger partial charge is 0.274 e. The molecular formula is C70H103N13O3. The van der Waals surface area contributed by atoms with Gasteiger partial charge in [-0.1, -0.05) is 160 Å². The van der Waals surface area contributed by atoms with E-state index in [0.717, 1.165) is 197 Å². The number of rotatable bonds is 9. The SMILES string of the molecule is CC.CC.CC.CC.CC.CN1CCN(C(=O)c2cnc3c(n2)N(Cc2ccccc2)CCC3)CC1.O=C(c1cnc2c(n1)N(Cc1ccccc1)CCC2)N1CCCC1.O=C(c1cnc2c(n1)N(Cc1ccccc1)CCCC2)N1CCCCC1. The summed E-state index contributed by atoms with van der Waals surface area (Å²) in [6, 6.07) is 31.2. The van der Waals surface area contributed by atoms with E-state index in [4.69, 9.17) is 15.0 Å². The molecule has 0 atom stereocenters. The van der Waals surface area contributed by atoms with Crippen LogP contribution in [0.25, 0.3) is 0 Å². The summed E-state index contributed by atoms with van der Waals surface area (Å²) in [5, 5.41) is 0. The van der Waals surface area contributed by atoms with Crippen molar-refractivity contribution >= 4 is 35.2 Å². The largest absolute Gasteiger partial charge is 0.351 e. The number of piperazine rings is 1. The van der Waals surface area contributed by atoms with Crippen LogP contribution in [0.3, 0.4) is 0 Å². The third-order valence-corrected chi connectivity index (χ3v) is 15.3. The van der Waals surface area contributed by atoms with Crippen molar-refractivity contribution in [1.82, 2.24) is 49.5 Å². The van der Waals surface area contributed by atoms with Crippen LogP contribution >= 0.6 is 0 Å². The van der Waals surface area contributed by atoms with Gasteiger partial charge in [-0.15, -0.1) is 0 Å². The minimum Gasteiger partial charge on any atom is -0.351 e. The van der Waals surface area contributed by atoms with E-state index < -0.39 is 0 Å². The third-order valence-electron chi connectivity index (χ3n) is 15.3. The van der Waals surface area contributed by atoms with E-state index in [1.165, 1.54) is 23.1 Å². The Morgan fingerprint density at radius 2 is 0.616 bits per heavy atom. The van der Waals surface area contributed by atoms with Gasteiger partial charge in [-0.05, 0) is 101 Å². The Kier molecular flexibility index (Phi) is 31.2. The number of carbonyl (C=O) groups excluding carboxylic acids is 3. The van der Waals surface area contributed by atoms with Crippen LogP contribution < -0.4 is 14.7 Å². The Bertz CT molecular complexity index is 2880. The summed E-state index contributed by atoms with van der Waals surface area (Å²) in [4.78, 5) is 81.0. The lowest BCUT2D eigenvalue weighted by Crippen LogP contribution is -2.47. The van der Waals surface area contributed by atoms with Crippen LogP contribution in [-0.4, -0.2) is 146 Å². The number of likely N-dealkylation sites (tertiary alicyclic amines) is 2. The number of hydrogen-bond donors (Lipinski definition) is 0. The maximum atomic E-state index is 12.8. The molecule has 16 nitrogen and oxygen atoms in total. The van der Waals surface area contributed by atoms with Crippen molar-refractivity contribution in [1.29, 1.82) is 0 Å². The molecule has 3 fully saturated rings. The summed E-state index contributed by atoms with van der Waals surface area (Å²) in [6.45, 7) is 32.0. The average Bonchev–Trinajstić information content (AvgIpc) is 1.90. The molecule has 9 heterocycles. The molecule has 16 heteroatoms. The Labute approximate surface area is 516 Å². The highest BCUT2D eigenvalue weighted by molar-refractivity contribution is 5.93. The van der Waals surface area contributed by atoms with E-state index in [9.17, 15) is 14.4 Å². The molecule has 3 saturated heterocycles. The van der Waals surface area contributed by atoms with Gasteiger partial charge in [0.05, 0.1) is 35.7 Å². The first-order valence-corrected chi connectivity index (χ1v) is 32.8. The molecule has 3 aromatic heterocycles. The highest BCUT2D eigenvalue weighted by atomic mass is 16.2. The van der Waals surface area contributed by atoms with Crippen molar-refractivity contribution in [3.05, 3.63) is 160 Å². The number of likely N-dealkylation sites (N-methyl/N-ethyl adjacent to an activating group) is 1. The first-order chi connectivity index (χ1) is 42.3. The maximum absolute atomic E-state index is 12.8. The molecule has 0 unspecified atom stereocenters. The summed E-state index contributed by atoms with van der Waals surface area (Å²) in [7, 11) is 2.09. The monoisotopic (exact) mass is 1170 g/mol. The van der Waals surface area contributed by atoms with Crippen LogP contribution in [0.2, 0.25) is 0 Å². The molecule has 0 bridgehead atoms. The maximum Gasteiger partial charge on any atom is 0.274 e.